The maximum absolute atomic E-state index is 13.0. The zero-order valence-electron chi connectivity index (χ0n) is 24.7. The van der Waals surface area contributed by atoms with Crippen molar-refractivity contribution in [1.29, 1.82) is 0 Å². The number of hydrogen-bond acceptors (Lipinski definition) is 6. The lowest BCUT2D eigenvalue weighted by Gasteiger charge is -2.39. The molecule has 8 nitrogen and oxygen atoms in total. The molecule has 0 spiro atoms. The third-order valence-electron chi connectivity index (χ3n) is 8.77. The van der Waals surface area contributed by atoms with Gasteiger partial charge in [0.2, 0.25) is 5.91 Å². The van der Waals surface area contributed by atoms with E-state index in [4.69, 9.17) is 9.47 Å². The average Bonchev–Trinajstić information content (AvgIpc) is 3.74. The minimum atomic E-state index is -5.03. The molecule has 5 rings (SSSR count). The van der Waals surface area contributed by atoms with Crippen molar-refractivity contribution in [2.24, 2.45) is 0 Å². The van der Waals surface area contributed by atoms with Gasteiger partial charge in [-0.05, 0) is 48.9 Å². The highest BCUT2D eigenvalue weighted by Crippen LogP contribution is 2.39. The normalized spacial score (nSPS) is 24.5. The molecule has 4 atom stereocenters. The number of hydrogen-bond donors (Lipinski definition) is 2. The van der Waals surface area contributed by atoms with E-state index in [1.165, 1.54) is 12.8 Å². The number of alkyl halides is 3. The number of halogens is 3. The van der Waals surface area contributed by atoms with Crippen LogP contribution in [0.2, 0.25) is 0 Å². The number of nitrogens with one attached hydrogen (secondary N) is 1. The Balaban J connectivity index is 1.30. The number of carbonyl (C=O) groups excluding carboxylic acids is 2. The monoisotopic (exact) mass is 615 g/mol. The molecule has 1 aliphatic carbocycles. The van der Waals surface area contributed by atoms with Gasteiger partial charge >= 0.3 is 12.1 Å². The molecule has 2 amide bonds. The van der Waals surface area contributed by atoms with Gasteiger partial charge < -0.3 is 24.8 Å². The second-order valence-electron chi connectivity index (χ2n) is 11.8. The minimum Gasteiger partial charge on any atom is -0.392 e. The molecule has 2 saturated heterocycles. The molecule has 0 radical (unpaired) electrons. The molecule has 44 heavy (non-hydrogen) atoms. The van der Waals surface area contributed by atoms with Crippen molar-refractivity contribution < 1.29 is 37.3 Å². The first-order valence-corrected chi connectivity index (χ1v) is 15.3. The van der Waals surface area contributed by atoms with Crippen LogP contribution in [0.15, 0.2) is 61.2 Å². The van der Waals surface area contributed by atoms with E-state index in [0.717, 1.165) is 42.6 Å². The second kappa shape index (κ2) is 14.2. The second-order valence-corrected chi connectivity index (χ2v) is 11.8. The quantitative estimate of drug-likeness (QED) is 0.336. The number of aliphatic hydroxyl groups is 1. The summed E-state index contributed by atoms with van der Waals surface area (Å²) in [6.07, 6.45) is 1.72. The number of benzene rings is 2. The van der Waals surface area contributed by atoms with Gasteiger partial charge in [-0.3, -0.25) is 14.5 Å². The van der Waals surface area contributed by atoms with E-state index < -0.39 is 30.3 Å². The first kappa shape index (κ1) is 32.2. The highest BCUT2D eigenvalue weighted by Gasteiger charge is 2.47. The SMILES string of the molecule is C=CCN(CC1CC(c2ccc(CO)cc2)OC(c2ccc(NC(=O)C3CCCN3C(=O)C(F)(F)F)cc2)O1)C1CCCC1. The summed E-state index contributed by atoms with van der Waals surface area (Å²) in [6.45, 7) is 5.30. The number of rotatable bonds is 10. The number of amides is 2. The van der Waals surface area contributed by atoms with E-state index in [1.807, 2.05) is 30.3 Å². The summed E-state index contributed by atoms with van der Waals surface area (Å²) in [7, 11) is 0. The molecule has 2 N–H and O–H groups in total. The van der Waals surface area contributed by atoms with Gasteiger partial charge in [0, 0.05) is 43.3 Å². The van der Waals surface area contributed by atoms with Crippen molar-refractivity contribution in [3.63, 3.8) is 0 Å². The van der Waals surface area contributed by atoms with Crippen LogP contribution in [-0.2, 0) is 25.7 Å². The topological polar surface area (TPSA) is 91.3 Å². The van der Waals surface area contributed by atoms with Crippen molar-refractivity contribution in [2.75, 3.05) is 25.0 Å². The van der Waals surface area contributed by atoms with Crippen LogP contribution in [0.3, 0.4) is 0 Å². The Kier molecular flexibility index (Phi) is 10.4. The van der Waals surface area contributed by atoms with Gasteiger partial charge in [0.1, 0.15) is 6.04 Å². The van der Waals surface area contributed by atoms with Crippen LogP contribution in [0.25, 0.3) is 0 Å². The zero-order valence-corrected chi connectivity index (χ0v) is 24.7. The first-order chi connectivity index (χ1) is 21.2. The Morgan fingerprint density at radius 1 is 1.00 bits per heavy atom. The summed E-state index contributed by atoms with van der Waals surface area (Å²) in [6, 6.07) is 13.8. The van der Waals surface area contributed by atoms with E-state index in [9.17, 15) is 27.9 Å². The largest absolute Gasteiger partial charge is 0.471 e. The third kappa shape index (κ3) is 7.69. The number of ether oxygens (including phenoxy) is 2. The predicted molar refractivity (Wildman–Crippen MR) is 158 cm³/mol. The van der Waals surface area contributed by atoms with Crippen molar-refractivity contribution in [2.45, 2.75) is 88.3 Å². The minimum absolute atomic E-state index is 0.0433. The van der Waals surface area contributed by atoms with Crippen molar-refractivity contribution in [1.82, 2.24) is 9.80 Å². The van der Waals surface area contributed by atoms with Crippen LogP contribution in [0.1, 0.15) is 74.0 Å². The molecular weight excluding hydrogens is 575 g/mol. The third-order valence-corrected chi connectivity index (χ3v) is 8.77. The van der Waals surface area contributed by atoms with Gasteiger partial charge in [0.05, 0.1) is 18.8 Å². The molecule has 2 aliphatic heterocycles. The van der Waals surface area contributed by atoms with E-state index >= 15 is 0 Å². The van der Waals surface area contributed by atoms with Crippen molar-refractivity contribution >= 4 is 17.5 Å². The molecule has 11 heteroatoms. The lowest BCUT2D eigenvalue weighted by molar-refractivity contribution is -0.253. The molecule has 4 unspecified atom stereocenters. The summed E-state index contributed by atoms with van der Waals surface area (Å²) in [5.74, 6) is -2.65. The lowest BCUT2D eigenvalue weighted by atomic mass is 9.99. The smallest absolute Gasteiger partial charge is 0.392 e. The van der Waals surface area contributed by atoms with Crippen LogP contribution in [-0.4, -0.2) is 70.7 Å². The van der Waals surface area contributed by atoms with Crippen LogP contribution in [0.4, 0.5) is 18.9 Å². The predicted octanol–water partition coefficient (Wildman–Crippen LogP) is 5.65. The summed E-state index contributed by atoms with van der Waals surface area (Å²) >= 11 is 0. The maximum atomic E-state index is 13.0. The molecule has 0 bridgehead atoms. The Morgan fingerprint density at radius 3 is 2.32 bits per heavy atom. The zero-order chi connectivity index (χ0) is 31.3. The standard InChI is InChI=1S/C33H40F3N3O5/c1-2-17-38(26-6-3-4-7-26)20-27-19-29(23-11-9-22(21-40)10-12-23)44-31(43-27)24-13-15-25(16-14-24)37-30(41)28-8-5-18-39(28)32(42)33(34,35)36/h2,9-16,26-29,31,40H,1,3-8,17-21H2,(H,37,41). The average molecular weight is 616 g/mol. The summed E-state index contributed by atoms with van der Waals surface area (Å²) < 4.78 is 52.0. The van der Waals surface area contributed by atoms with E-state index in [0.29, 0.717) is 29.5 Å². The van der Waals surface area contributed by atoms with E-state index in [-0.39, 0.29) is 31.8 Å². The Morgan fingerprint density at radius 2 is 1.68 bits per heavy atom. The van der Waals surface area contributed by atoms with Crippen molar-refractivity contribution in [3.8, 4) is 0 Å². The number of carbonyl (C=O) groups is 2. The van der Waals surface area contributed by atoms with Gasteiger partial charge in [-0.15, -0.1) is 6.58 Å². The summed E-state index contributed by atoms with van der Waals surface area (Å²) in [4.78, 5) is 27.7. The van der Waals surface area contributed by atoms with Crippen LogP contribution >= 0.6 is 0 Å². The van der Waals surface area contributed by atoms with Gasteiger partial charge in [0.25, 0.3) is 0 Å². The molecule has 2 aromatic rings. The number of anilines is 1. The van der Waals surface area contributed by atoms with Crippen LogP contribution < -0.4 is 5.32 Å². The lowest BCUT2D eigenvalue weighted by Crippen LogP contribution is -2.48. The Bertz CT molecular complexity index is 1280. The Labute approximate surface area is 255 Å². The van der Waals surface area contributed by atoms with Gasteiger partial charge in [-0.2, -0.15) is 13.2 Å². The van der Waals surface area contributed by atoms with Crippen LogP contribution in [0, 0.1) is 0 Å². The summed E-state index contributed by atoms with van der Waals surface area (Å²) in [5.41, 5.74) is 2.92. The van der Waals surface area contributed by atoms with Crippen LogP contribution in [0.5, 0.6) is 0 Å². The molecule has 3 fully saturated rings. The molecule has 2 heterocycles. The fourth-order valence-electron chi connectivity index (χ4n) is 6.50. The number of nitrogens with zero attached hydrogens (tertiary/aromatic N) is 2. The number of aliphatic hydroxyl groups excluding tert-OH is 1. The van der Waals surface area contributed by atoms with E-state index in [2.05, 4.69) is 16.8 Å². The highest BCUT2D eigenvalue weighted by atomic mass is 19.4. The van der Waals surface area contributed by atoms with Gasteiger partial charge in [-0.25, -0.2) is 0 Å². The fourth-order valence-corrected chi connectivity index (χ4v) is 6.50. The van der Waals surface area contributed by atoms with Gasteiger partial charge in [0.15, 0.2) is 6.29 Å². The molecule has 238 valence electrons. The highest BCUT2D eigenvalue weighted by molar-refractivity contribution is 5.98. The van der Waals surface area contributed by atoms with Gasteiger partial charge in [-0.1, -0.05) is 55.3 Å². The molecular formula is C33H40F3N3O5. The molecule has 3 aliphatic rings. The summed E-state index contributed by atoms with van der Waals surface area (Å²) in [5, 5.41) is 12.1. The van der Waals surface area contributed by atoms with Crippen molar-refractivity contribution in [3.05, 3.63) is 77.9 Å². The molecule has 2 aromatic carbocycles. The Hall–Kier alpha value is -3.25. The number of likely N-dealkylation sites (tertiary alicyclic amines) is 1. The maximum Gasteiger partial charge on any atom is 0.471 e. The fraction of sp³-hybridized carbons (Fsp3) is 0.515. The van der Waals surface area contributed by atoms with E-state index in [1.54, 1.807) is 24.3 Å². The molecule has 0 aromatic heterocycles. The first-order valence-electron chi connectivity index (χ1n) is 15.3. The molecule has 1 saturated carbocycles.